The molecule has 0 saturated carbocycles. The molecule has 2 aliphatic rings. The third kappa shape index (κ3) is 2.08. The van der Waals surface area contributed by atoms with Crippen LogP contribution in [0.25, 0.3) is 0 Å². The van der Waals surface area contributed by atoms with E-state index in [0.29, 0.717) is 0 Å². The van der Waals surface area contributed by atoms with Crippen molar-refractivity contribution in [2.24, 2.45) is 5.73 Å². The van der Waals surface area contributed by atoms with Crippen LogP contribution in [-0.4, -0.2) is 34.0 Å². The van der Waals surface area contributed by atoms with Crippen molar-refractivity contribution < 1.29 is 14.3 Å². The fourth-order valence-electron chi connectivity index (χ4n) is 3.37. The molecular weight excluding hydrogens is 247 g/mol. The molecule has 2 aliphatic heterocycles. The Labute approximate surface area is 111 Å². The highest BCUT2D eigenvalue weighted by Crippen LogP contribution is 2.37. The first-order valence-corrected chi connectivity index (χ1v) is 6.63. The van der Waals surface area contributed by atoms with E-state index in [1.807, 2.05) is 0 Å². The lowest BCUT2D eigenvalue weighted by Crippen LogP contribution is -2.50. The van der Waals surface area contributed by atoms with Crippen molar-refractivity contribution in [1.82, 2.24) is 4.90 Å². The Morgan fingerprint density at radius 3 is 2.58 bits per heavy atom. The number of carbonyl (C=O) groups is 1. The second kappa shape index (κ2) is 4.49. The predicted octanol–water partition coefficient (Wildman–Crippen LogP) is 1.63. The number of hydrogen-bond donors (Lipinski definition) is 2. The van der Waals surface area contributed by atoms with Gasteiger partial charge in [0, 0.05) is 18.1 Å². The number of phenols is 1. The minimum absolute atomic E-state index is 0.0485. The summed E-state index contributed by atoms with van der Waals surface area (Å²) in [6, 6.07) is 3.87. The fourth-order valence-corrected chi connectivity index (χ4v) is 3.37. The van der Waals surface area contributed by atoms with Crippen molar-refractivity contribution >= 4 is 5.91 Å². The van der Waals surface area contributed by atoms with Gasteiger partial charge in [-0.25, -0.2) is 4.39 Å². The Bertz CT molecular complexity index is 506. The first-order chi connectivity index (χ1) is 9.06. The lowest BCUT2D eigenvalue weighted by molar-refractivity contribution is 0.0571. The van der Waals surface area contributed by atoms with Gasteiger partial charge in [0.05, 0.1) is 5.56 Å². The molecule has 1 amide bonds. The molecule has 0 radical (unpaired) electrons. The molecule has 2 bridgehead atoms. The first-order valence-electron chi connectivity index (χ1n) is 6.63. The molecule has 0 aliphatic carbocycles. The largest absolute Gasteiger partial charge is 0.507 e. The highest BCUT2D eigenvalue weighted by molar-refractivity contribution is 5.97. The molecule has 19 heavy (non-hydrogen) atoms. The average molecular weight is 264 g/mol. The van der Waals surface area contributed by atoms with Crippen LogP contribution in [0.3, 0.4) is 0 Å². The van der Waals surface area contributed by atoms with Crippen LogP contribution >= 0.6 is 0 Å². The van der Waals surface area contributed by atoms with E-state index in [9.17, 15) is 14.3 Å². The number of benzene rings is 1. The fraction of sp³-hybridized carbons (Fsp3) is 0.500. The summed E-state index contributed by atoms with van der Waals surface area (Å²) in [5.41, 5.74) is 6.01. The molecule has 3 rings (SSSR count). The summed E-state index contributed by atoms with van der Waals surface area (Å²) in [6.07, 6.45) is 3.47. The number of fused-ring (bicyclic) bond motifs is 2. The van der Waals surface area contributed by atoms with Crippen LogP contribution in [0.1, 0.15) is 36.0 Å². The number of hydrogen-bond acceptors (Lipinski definition) is 3. The van der Waals surface area contributed by atoms with Gasteiger partial charge in [0.15, 0.2) is 0 Å². The Kier molecular flexibility index (Phi) is 2.93. The van der Waals surface area contributed by atoms with Gasteiger partial charge in [-0.1, -0.05) is 0 Å². The molecule has 0 aromatic heterocycles. The molecular formula is C14H17FN2O2. The molecule has 3 N–H and O–H groups in total. The van der Waals surface area contributed by atoms with Gasteiger partial charge in [-0.3, -0.25) is 4.79 Å². The molecule has 102 valence electrons. The molecule has 5 heteroatoms. The maximum Gasteiger partial charge on any atom is 0.258 e. The van der Waals surface area contributed by atoms with E-state index >= 15 is 0 Å². The van der Waals surface area contributed by atoms with E-state index in [0.717, 1.165) is 37.8 Å². The second-order valence-corrected chi connectivity index (χ2v) is 5.49. The van der Waals surface area contributed by atoms with Crippen LogP contribution in [0.5, 0.6) is 5.75 Å². The van der Waals surface area contributed by atoms with Crippen LogP contribution in [0.2, 0.25) is 0 Å². The summed E-state index contributed by atoms with van der Waals surface area (Å²) in [5, 5.41) is 9.74. The molecule has 2 fully saturated rings. The van der Waals surface area contributed by atoms with Gasteiger partial charge in [0.2, 0.25) is 0 Å². The summed E-state index contributed by atoms with van der Waals surface area (Å²) >= 11 is 0. The molecule has 2 heterocycles. The summed E-state index contributed by atoms with van der Waals surface area (Å²) < 4.78 is 13.2. The summed E-state index contributed by atoms with van der Waals surface area (Å²) in [7, 11) is 0. The summed E-state index contributed by atoms with van der Waals surface area (Å²) in [4.78, 5) is 14.3. The summed E-state index contributed by atoms with van der Waals surface area (Å²) in [5.74, 6) is -0.959. The topological polar surface area (TPSA) is 66.6 Å². The zero-order valence-electron chi connectivity index (χ0n) is 10.6. The van der Waals surface area contributed by atoms with Crippen LogP contribution in [-0.2, 0) is 0 Å². The van der Waals surface area contributed by atoms with Gasteiger partial charge < -0.3 is 15.7 Å². The van der Waals surface area contributed by atoms with E-state index < -0.39 is 5.82 Å². The van der Waals surface area contributed by atoms with E-state index in [4.69, 9.17) is 5.73 Å². The zero-order chi connectivity index (χ0) is 13.6. The van der Waals surface area contributed by atoms with Crippen molar-refractivity contribution in [3.8, 4) is 5.75 Å². The number of amides is 1. The maximum absolute atomic E-state index is 13.2. The number of nitrogens with two attached hydrogens (primary N) is 1. The average Bonchev–Trinajstić information content (AvgIpc) is 2.64. The molecule has 1 aromatic carbocycles. The summed E-state index contributed by atoms with van der Waals surface area (Å²) in [6.45, 7) is 0. The lowest BCUT2D eigenvalue weighted by atomic mass is 9.97. The molecule has 0 spiro atoms. The number of nitrogens with zero attached hydrogens (tertiary/aromatic N) is 1. The lowest BCUT2D eigenvalue weighted by Gasteiger charge is -2.37. The first kappa shape index (κ1) is 12.4. The predicted molar refractivity (Wildman–Crippen MR) is 68.3 cm³/mol. The normalized spacial score (nSPS) is 29.6. The van der Waals surface area contributed by atoms with Gasteiger partial charge >= 0.3 is 0 Å². The van der Waals surface area contributed by atoms with Crippen molar-refractivity contribution in [1.29, 1.82) is 0 Å². The van der Waals surface area contributed by atoms with Gasteiger partial charge in [0.1, 0.15) is 11.6 Å². The molecule has 2 saturated heterocycles. The smallest absolute Gasteiger partial charge is 0.258 e. The number of halogens is 1. The number of carbonyl (C=O) groups excluding carboxylic acids is 1. The standard InChI is InChI=1S/C14H17FN2O2/c15-8-1-4-13(18)12(5-8)14(19)17-10-2-3-11(17)7-9(16)6-10/h1,4-5,9-11,18H,2-3,6-7,16H2. The zero-order valence-corrected chi connectivity index (χ0v) is 10.6. The molecule has 4 nitrogen and oxygen atoms in total. The SMILES string of the molecule is NC1CC2CCC(C1)N2C(=O)c1cc(F)ccc1O. The monoisotopic (exact) mass is 264 g/mol. The highest BCUT2D eigenvalue weighted by Gasteiger charge is 2.42. The highest BCUT2D eigenvalue weighted by atomic mass is 19.1. The van der Waals surface area contributed by atoms with Crippen molar-refractivity contribution in [3.63, 3.8) is 0 Å². The Morgan fingerprint density at radius 2 is 1.95 bits per heavy atom. The maximum atomic E-state index is 13.2. The van der Waals surface area contributed by atoms with Gasteiger partial charge in [-0.2, -0.15) is 0 Å². The van der Waals surface area contributed by atoms with Crippen molar-refractivity contribution in [2.45, 2.75) is 43.8 Å². The minimum atomic E-state index is -0.512. The van der Waals surface area contributed by atoms with Crippen LogP contribution in [0, 0.1) is 5.82 Å². The Balaban J connectivity index is 1.90. The quantitative estimate of drug-likeness (QED) is 0.810. The van der Waals surface area contributed by atoms with Gasteiger partial charge in [0.25, 0.3) is 5.91 Å². The van der Waals surface area contributed by atoms with Crippen LogP contribution in [0.15, 0.2) is 18.2 Å². The molecule has 2 atom stereocenters. The van der Waals surface area contributed by atoms with Crippen molar-refractivity contribution in [2.75, 3.05) is 0 Å². The van der Waals surface area contributed by atoms with E-state index in [1.165, 1.54) is 6.07 Å². The van der Waals surface area contributed by atoms with Gasteiger partial charge in [-0.05, 0) is 43.9 Å². The minimum Gasteiger partial charge on any atom is -0.507 e. The van der Waals surface area contributed by atoms with Gasteiger partial charge in [-0.15, -0.1) is 0 Å². The third-order valence-corrected chi connectivity index (χ3v) is 4.19. The number of aromatic hydroxyl groups is 1. The van der Waals surface area contributed by atoms with E-state index in [1.54, 1.807) is 4.90 Å². The molecule has 2 unspecified atom stereocenters. The number of phenolic OH excluding ortho intramolecular Hbond substituents is 1. The van der Waals surface area contributed by atoms with Crippen molar-refractivity contribution in [3.05, 3.63) is 29.6 Å². The van der Waals surface area contributed by atoms with E-state index in [2.05, 4.69) is 0 Å². The third-order valence-electron chi connectivity index (χ3n) is 4.19. The number of piperidine rings is 1. The van der Waals surface area contributed by atoms with Crippen LogP contribution < -0.4 is 5.73 Å². The number of rotatable bonds is 1. The Morgan fingerprint density at radius 1 is 1.32 bits per heavy atom. The Hall–Kier alpha value is -1.62. The van der Waals surface area contributed by atoms with Crippen LogP contribution in [0.4, 0.5) is 4.39 Å². The molecule has 1 aromatic rings. The van der Waals surface area contributed by atoms with E-state index in [-0.39, 0.29) is 35.3 Å². The second-order valence-electron chi connectivity index (χ2n) is 5.49.